The molecule has 15 heavy (non-hydrogen) atoms. The number of hydrogen-bond donors (Lipinski definition) is 2. The molecule has 0 radical (unpaired) electrons. The van der Waals surface area contributed by atoms with Crippen LogP contribution < -0.4 is 5.73 Å². The third-order valence-electron chi connectivity index (χ3n) is 1.35. The van der Waals surface area contributed by atoms with Crippen molar-refractivity contribution in [3.8, 4) is 0 Å². The summed E-state index contributed by atoms with van der Waals surface area (Å²) < 4.78 is 6.75. The summed E-state index contributed by atoms with van der Waals surface area (Å²) in [5, 5.41) is 12.4. The molecule has 0 amide bonds. The van der Waals surface area contributed by atoms with Crippen molar-refractivity contribution in [1.82, 2.24) is 9.78 Å². The molecule has 5 nitrogen and oxygen atoms in total. The van der Waals surface area contributed by atoms with Gasteiger partial charge in [-0.05, 0) is 0 Å². The van der Waals surface area contributed by atoms with Crippen molar-refractivity contribution in [2.45, 2.75) is 26.8 Å². The van der Waals surface area contributed by atoms with E-state index in [1.807, 2.05) is 0 Å². The number of aromatic nitrogens is 2. The number of hydrogen-bond acceptors (Lipinski definition) is 4. The van der Waals surface area contributed by atoms with E-state index in [2.05, 4.69) is 18.9 Å². The van der Waals surface area contributed by atoms with Crippen LogP contribution in [0.5, 0.6) is 0 Å². The van der Waals surface area contributed by atoms with Crippen molar-refractivity contribution < 1.29 is 9.84 Å². The van der Waals surface area contributed by atoms with Crippen LogP contribution in [-0.2, 0) is 11.3 Å². The molecule has 5 heteroatoms. The first kappa shape index (κ1) is 13.9. The predicted molar refractivity (Wildman–Crippen MR) is 60.5 cm³/mol. The first-order valence-corrected chi connectivity index (χ1v) is 5.21. The van der Waals surface area contributed by atoms with Gasteiger partial charge in [0.05, 0.1) is 38.2 Å². The van der Waals surface area contributed by atoms with Gasteiger partial charge in [-0.1, -0.05) is 20.3 Å². The molecule has 1 aromatic heterocycles. The molecule has 0 aliphatic rings. The van der Waals surface area contributed by atoms with E-state index >= 15 is 0 Å². The minimum Gasteiger partial charge on any atom is -0.396 e. The number of nitrogens with zero attached hydrogens (tertiary/aromatic N) is 2. The first-order valence-electron chi connectivity index (χ1n) is 5.21. The number of nitrogen functional groups attached to an aromatic ring is 1. The third-order valence-corrected chi connectivity index (χ3v) is 1.35. The molecular formula is C10H21N3O2. The maximum absolute atomic E-state index is 8.40. The fourth-order valence-electron chi connectivity index (χ4n) is 0.827. The number of aliphatic hydroxyl groups is 1. The lowest BCUT2D eigenvalue weighted by atomic mass is 10.6. The molecule has 0 fully saturated rings. The Morgan fingerprint density at radius 2 is 2.13 bits per heavy atom. The van der Waals surface area contributed by atoms with E-state index in [0.717, 1.165) is 0 Å². The van der Waals surface area contributed by atoms with Crippen LogP contribution in [-0.4, -0.2) is 34.7 Å². The van der Waals surface area contributed by atoms with Crippen LogP contribution in [0.15, 0.2) is 12.4 Å². The highest BCUT2D eigenvalue weighted by atomic mass is 16.5. The Balaban J connectivity index is 0.000000583. The molecule has 1 heterocycles. The van der Waals surface area contributed by atoms with Gasteiger partial charge in [-0.2, -0.15) is 5.10 Å². The van der Waals surface area contributed by atoms with Crippen molar-refractivity contribution in [2.75, 3.05) is 25.6 Å². The Kier molecular flexibility index (Phi) is 8.81. The lowest BCUT2D eigenvalue weighted by Gasteiger charge is -2.01. The molecule has 0 unspecified atom stereocenters. The van der Waals surface area contributed by atoms with E-state index in [0.29, 0.717) is 25.4 Å². The minimum atomic E-state index is 0.0568. The van der Waals surface area contributed by atoms with Gasteiger partial charge in [-0.3, -0.25) is 4.68 Å². The summed E-state index contributed by atoms with van der Waals surface area (Å²) in [4.78, 5) is 0. The molecule has 1 aromatic rings. The van der Waals surface area contributed by atoms with Gasteiger partial charge in [0.2, 0.25) is 0 Å². The topological polar surface area (TPSA) is 73.3 Å². The Hall–Kier alpha value is -1.07. The molecule has 0 aliphatic carbocycles. The highest BCUT2D eigenvalue weighted by molar-refractivity contribution is 5.30. The summed E-state index contributed by atoms with van der Waals surface area (Å²) in [6.07, 6.45) is 4.58. The molecule has 0 saturated carbocycles. The second-order valence-electron chi connectivity index (χ2n) is 3.08. The monoisotopic (exact) mass is 215 g/mol. The summed E-state index contributed by atoms with van der Waals surface area (Å²) in [7, 11) is 0. The fourth-order valence-corrected chi connectivity index (χ4v) is 0.827. The van der Waals surface area contributed by atoms with Crippen LogP contribution in [0.25, 0.3) is 0 Å². The highest BCUT2D eigenvalue weighted by Gasteiger charge is 1.93. The van der Waals surface area contributed by atoms with Crippen molar-refractivity contribution in [2.24, 2.45) is 0 Å². The van der Waals surface area contributed by atoms with Gasteiger partial charge < -0.3 is 15.6 Å². The van der Waals surface area contributed by atoms with Crippen molar-refractivity contribution in [3.05, 3.63) is 12.4 Å². The average Bonchev–Trinajstić information content (AvgIpc) is 2.60. The summed E-state index contributed by atoms with van der Waals surface area (Å²) in [6, 6.07) is 0. The van der Waals surface area contributed by atoms with E-state index in [1.165, 1.54) is 6.42 Å². The number of rotatable bonds is 5. The van der Waals surface area contributed by atoms with Crippen LogP contribution in [0.2, 0.25) is 0 Å². The van der Waals surface area contributed by atoms with Crippen molar-refractivity contribution in [1.29, 1.82) is 0 Å². The second kappa shape index (κ2) is 9.48. The highest BCUT2D eigenvalue weighted by Crippen LogP contribution is 1.96. The molecule has 0 aliphatic heterocycles. The van der Waals surface area contributed by atoms with Crippen molar-refractivity contribution >= 4 is 5.69 Å². The van der Waals surface area contributed by atoms with E-state index in [9.17, 15) is 0 Å². The maximum atomic E-state index is 8.40. The Labute approximate surface area is 90.8 Å². The molecule has 0 aromatic carbocycles. The molecule has 0 saturated heterocycles. The van der Waals surface area contributed by atoms with Gasteiger partial charge >= 0.3 is 0 Å². The van der Waals surface area contributed by atoms with Crippen LogP contribution in [0.3, 0.4) is 0 Å². The zero-order valence-corrected chi connectivity index (χ0v) is 9.52. The summed E-state index contributed by atoms with van der Waals surface area (Å²) >= 11 is 0. The third kappa shape index (κ3) is 7.96. The predicted octanol–water partition coefficient (Wildman–Crippen LogP) is 0.890. The molecule has 0 atom stereocenters. The van der Waals surface area contributed by atoms with Gasteiger partial charge in [-0.15, -0.1) is 0 Å². The maximum Gasteiger partial charge on any atom is 0.0719 e. The summed E-state index contributed by atoms with van der Waals surface area (Å²) in [5.41, 5.74) is 6.09. The second-order valence-corrected chi connectivity index (χ2v) is 3.08. The van der Waals surface area contributed by atoms with Gasteiger partial charge in [0.25, 0.3) is 0 Å². The van der Waals surface area contributed by atoms with E-state index in [1.54, 1.807) is 17.1 Å². The molecule has 88 valence electrons. The van der Waals surface area contributed by atoms with Crippen LogP contribution in [0.4, 0.5) is 5.69 Å². The molecule has 0 spiro atoms. The van der Waals surface area contributed by atoms with Gasteiger partial charge in [0, 0.05) is 6.20 Å². The standard InChI is InChI=1S/C7H13N3O2.C3H8/c8-7-5-9-10(6-7)1-3-12-4-2-11;1-3-2/h5-6,11H,1-4,8H2;3H2,1-2H3. The Bertz CT molecular complexity index is 238. The summed E-state index contributed by atoms with van der Waals surface area (Å²) in [5.74, 6) is 0. The van der Waals surface area contributed by atoms with Gasteiger partial charge in [0.1, 0.15) is 0 Å². The minimum absolute atomic E-state index is 0.0568. The van der Waals surface area contributed by atoms with Crippen LogP contribution >= 0.6 is 0 Å². The fraction of sp³-hybridized carbons (Fsp3) is 0.700. The Morgan fingerprint density at radius 3 is 2.60 bits per heavy atom. The SMILES string of the molecule is CCC.Nc1cnn(CCOCCO)c1. The number of ether oxygens (including phenoxy) is 1. The zero-order chi connectivity index (χ0) is 11.5. The van der Waals surface area contributed by atoms with E-state index in [-0.39, 0.29) is 6.61 Å². The van der Waals surface area contributed by atoms with E-state index < -0.39 is 0 Å². The molecule has 3 N–H and O–H groups in total. The smallest absolute Gasteiger partial charge is 0.0719 e. The van der Waals surface area contributed by atoms with Crippen LogP contribution in [0.1, 0.15) is 20.3 Å². The lowest BCUT2D eigenvalue weighted by molar-refractivity contribution is 0.0854. The van der Waals surface area contributed by atoms with Crippen LogP contribution in [0, 0.1) is 0 Å². The number of anilines is 1. The number of nitrogens with two attached hydrogens (primary N) is 1. The van der Waals surface area contributed by atoms with Gasteiger partial charge in [0.15, 0.2) is 0 Å². The quantitative estimate of drug-likeness (QED) is 0.715. The largest absolute Gasteiger partial charge is 0.396 e. The average molecular weight is 215 g/mol. The molecule has 0 bridgehead atoms. The van der Waals surface area contributed by atoms with Gasteiger partial charge in [-0.25, -0.2) is 0 Å². The van der Waals surface area contributed by atoms with Crippen molar-refractivity contribution in [3.63, 3.8) is 0 Å². The normalized spacial score (nSPS) is 9.53. The Morgan fingerprint density at radius 1 is 1.47 bits per heavy atom. The number of aliphatic hydroxyl groups excluding tert-OH is 1. The summed E-state index contributed by atoms with van der Waals surface area (Å²) in [6.45, 7) is 5.89. The first-order chi connectivity index (χ1) is 7.24. The molecule has 1 rings (SSSR count). The van der Waals surface area contributed by atoms with E-state index in [4.69, 9.17) is 15.6 Å². The lowest BCUT2D eigenvalue weighted by Crippen LogP contribution is -2.08. The zero-order valence-electron chi connectivity index (χ0n) is 9.52. The molecular weight excluding hydrogens is 194 g/mol.